The van der Waals surface area contributed by atoms with Gasteiger partial charge in [-0.2, -0.15) is 5.10 Å². The van der Waals surface area contributed by atoms with Crippen LogP contribution in [0.3, 0.4) is 0 Å². The first-order valence-corrected chi connectivity index (χ1v) is 10.1. The molecule has 2 aliphatic rings. The highest BCUT2D eigenvalue weighted by Crippen LogP contribution is 2.25. The van der Waals surface area contributed by atoms with E-state index < -0.39 is 0 Å². The third-order valence-electron chi connectivity index (χ3n) is 5.59. The van der Waals surface area contributed by atoms with Crippen molar-refractivity contribution in [1.29, 1.82) is 0 Å². The van der Waals surface area contributed by atoms with Gasteiger partial charge in [0.1, 0.15) is 5.69 Å². The summed E-state index contributed by atoms with van der Waals surface area (Å²) in [5.74, 6) is -0.0192. The average Bonchev–Trinajstić information content (AvgIpc) is 3.38. The molecular weight excluding hydrogens is 390 g/mol. The number of benzene rings is 1. The number of piperidine rings is 1. The molecule has 0 saturated carbocycles. The summed E-state index contributed by atoms with van der Waals surface area (Å²) >= 11 is 0. The number of hydrogen-bond donors (Lipinski definition) is 2. The van der Waals surface area contributed by atoms with Crippen molar-refractivity contribution < 1.29 is 9.59 Å². The molecular formula is C21H28ClN5O2. The van der Waals surface area contributed by atoms with Gasteiger partial charge in [-0.25, -0.2) is 0 Å². The van der Waals surface area contributed by atoms with E-state index in [4.69, 9.17) is 0 Å². The van der Waals surface area contributed by atoms with Crippen LogP contribution in [0.1, 0.15) is 60.7 Å². The third kappa shape index (κ3) is 4.79. The van der Waals surface area contributed by atoms with Crippen LogP contribution in [0.5, 0.6) is 0 Å². The van der Waals surface area contributed by atoms with E-state index in [9.17, 15) is 9.59 Å². The standard InChI is InChI=1S/C21H27N5O2.ClH/c1-15(16-5-2-6-17(13-16)25-11-4-8-20(25)27)23-21(28)19-9-12-26(24-19)18-7-3-10-22-14-18;/h2,5-6,9,12-13,15,18,22H,3-4,7-8,10-11,14H2,1H3,(H,23,28);1H. The van der Waals surface area contributed by atoms with Gasteiger partial charge in [0.2, 0.25) is 5.91 Å². The lowest BCUT2D eigenvalue weighted by atomic mass is 10.1. The van der Waals surface area contributed by atoms with Crippen molar-refractivity contribution in [2.24, 2.45) is 0 Å². The predicted octanol–water partition coefficient (Wildman–Crippen LogP) is 2.85. The van der Waals surface area contributed by atoms with Crippen LogP contribution in [0.15, 0.2) is 36.5 Å². The molecule has 4 rings (SSSR count). The van der Waals surface area contributed by atoms with Crippen molar-refractivity contribution in [2.45, 2.75) is 44.7 Å². The minimum absolute atomic E-state index is 0. The smallest absolute Gasteiger partial charge is 0.272 e. The molecule has 156 valence electrons. The van der Waals surface area contributed by atoms with Crippen LogP contribution in [0.2, 0.25) is 0 Å². The molecule has 2 saturated heterocycles. The van der Waals surface area contributed by atoms with Gasteiger partial charge < -0.3 is 15.5 Å². The Bertz CT molecular complexity index is 862. The summed E-state index contributed by atoms with van der Waals surface area (Å²) in [6, 6.07) is 9.75. The monoisotopic (exact) mass is 417 g/mol. The molecule has 2 aromatic rings. The minimum atomic E-state index is -0.183. The molecule has 7 nitrogen and oxygen atoms in total. The molecule has 8 heteroatoms. The molecule has 2 N–H and O–H groups in total. The van der Waals surface area contributed by atoms with Gasteiger partial charge in [-0.3, -0.25) is 14.3 Å². The molecule has 29 heavy (non-hydrogen) atoms. The van der Waals surface area contributed by atoms with Gasteiger partial charge in [-0.1, -0.05) is 12.1 Å². The van der Waals surface area contributed by atoms with Crippen LogP contribution >= 0.6 is 12.4 Å². The molecule has 0 spiro atoms. The number of nitrogens with zero attached hydrogens (tertiary/aromatic N) is 3. The fraction of sp³-hybridized carbons (Fsp3) is 0.476. The molecule has 0 bridgehead atoms. The highest BCUT2D eigenvalue weighted by atomic mass is 35.5. The number of aromatic nitrogens is 2. The third-order valence-corrected chi connectivity index (χ3v) is 5.59. The topological polar surface area (TPSA) is 79.3 Å². The van der Waals surface area contributed by atoms with Gasteiger partial charge in [-0.15, -0.1) is 12.4 Å². The van der Waals surface area contributed by atoms with E-state index in [0.29, 0.717) is 18.2 Å². The first-order chi connectivity index (χ1) is 13.6. The summed E-state index contributed by atoms with van der Waals surface area (Å²) in [4.78, 5) is 26.5. The zero-order valence-electron chi connectivity index (χ0n) is 16.6. The summed E-state index contributed by atoms with van der Waals surface area (Å²) in [7, 11) is 0. The van der Waals surface area contributed by atoms with Crippen molar-refractivity contribution in [3.8, 4) is 0 Å². The van der Waals surface area contributed by atoms with Gasteiger partial charge in [0.05, 0.1) is 12.1 Å². The number of halogens is 1. The van der Waals surface area contributed by atoms with E-state index in [1.165, 1.54) is 0 Å². The number of amides is 2. The lowest BCUT2D eigenvalue weighted by Crippen LogP contribution is -2.32. The second-order valence-corrected chi connectivity index (χ2v) is 7.62. The Kier molecular flexibility index (Phi) is 6.92. The Balaban J connectivity index is 0.00000240. The molecule has 0 radical (unpaired) electrons. The van der Waals surface area contributed by atoms with E-state index in [1.54, 1.807) is 6.07 Å². The predicted molar refractivity (Wildman–Crippen MR) is 115 cm³/mol. The average molecular weight is 418 g/mol. The molecule has 2 fully saturated rings. The second kappa shape index (κ2) is 9.41. The fourth-order valence-electron chi connectivity index (χ4n) is 3.96. The quantitative estimate of drug-likeness (QED) is 0.784. The number of carbonyl (C=O) groups is 2. The van der Waals surface area contributed by atoms with Crippen LogP contribution < -0.4 is 15.5 Å². The first kappa shape index (κ1) is 21.3. The fourth-order valence-corrected chi connectivity index (χ4v) is 3.96. The Morgan fingerprint density at radius 3 is 2.90 bits per heavy atom. The maximum atomic E-state index is 12.7. The van der Waals surface area contributed by atoms with Crippen LogP contribution in [-0.4, -0.2) is 41.2 Å². The number of anilines is 1. The molecule has 2 atom stereocenters. The lowest BCUT2D eigenvalue weighted by Gasteiger charge is -2.23. The zero-order chi connectivity index (χ0) is 19.5. The summed E-state index contributed by atoms with van der Waals surface area (Å²) in [6.07, 6.45) is 5.59. The van der Waals surface area contributed by atoms with E-state index >= 15 is 0 Å². The number of hydrogen-bond acceptors (Lipinski definition) is 4. The highest BCUT2D eigenvalue weighted by molar-refractivity contribution is 5.95. The van der Waals surface area contributed by atoms with E-state index in [-0.39, 0.29) is 30.3 Å². The molecule has 2 amide bonds. The summed E-state index contributed by atoms with van der Waals surface area (Å²) in [5, 5.41) is 10.9. The van der Waals surface area contributed by atoms with Crippen molar-refractivity contribution in [3.63, 3.8) is 0 Å². The van der Waals surface area contributed by atoms with Crippen LogP contribution in [0.4, 0.5) is 5.69 Å². The lowest BCUT2D eigenvalue weighted by molar-refractivity contribution is -0.117. The summed E-state index contributed by atoms with van der Waals surface area (Å²) in [5.41, 5.74) is 2.31. The molecule has 3 heterocycles. The van der Waals surface area contributed by atoms with Gasteiger partial charge in [0, 0.05) is 31.4 Å². The molecule has 0 aliphatic carbocycles. The second-order valence-electron chi connectivity index (χ2n) is 7.62. The van der Waals surface area contributed by atoms with Crippen LogP contribution in [-0.2, 0) is 4.79 Å². The largest absolute Gasteiger partial charge is 0.344 e. The van der Waals surface area contributed by atoms with Gasteiger partial charge in [0.15, 0.2) is 0 Å². The zero-order valence-corrected chi connectivity index (χ0v) is 17.5. The SMILES string of the molecule is CC(NC(=O)c1ccn(C2CCCNC2)n1)c1cccc(N2CCCC2=O)c1.Cl. The number of nitrogens with one attached hydrogen (secondary N) is 2. The highest BCUT2D eigenvalue weighted by Gasteiger charge is 2.23. The Labute approximate surface area is 177 Å². The Hall–Kier alpha value is -2.38. The van der Waals surface area contributed by atoms with Crippen molar-refractivity contribution in [3.05, 3.63) is 47.8 Å². The maximum absolute atomic E-state index is 12.7. The van der Waals surface area contributed by atoms with Crippen LogP contribution in [0.25, 0.3) is 0 Å². The number of carbonyl (C=O) groups excluding carboxylic acids is 2. The van der Waals surface area contributed by atoms with Crippen molar-refractivity contribution >= 4 is 29.9 Å². The van der Waals surface area contributed by atoms with Gasteiger partial charge in [-0.05, 0) is 56.5 Å². The molecule has 2 unspecified atom stereocenters. The van der Waals surface area contributed by atoms with E-state index in [1.807, 2.05) is 47.0 Å². The van der Waals surface area contributed by atoms with Crippen LogP contribution in [0, 0.1) is 0 Å². The normalized spacial score (nSPS) is 20.2. The molecule has 1 aromatic heterocycles. The first-order valence-electron chi connectivity index (χ1n) is 10.1. The minimum Gasteiger partial charge on any atom is -0.344 e. The summed E-state index contributed by atoms with van der Waals surface area (Å²) < 4.78 is 1.89. The Morgan fingerprint density at radius 2 is 2.17 bits per heavy atom. The van der Waals surface area contributed by atoms with E-state index in [2.05, 4.69) is 15.7 Å². The molecule has 1 aromatic carbocycles. The Morgan fingerprint density at radius 1 is 1.31 bits per heavy atom. The van der Waals surface area contributed by atoms with Gasteiger partial charge >= 0.3 is 0 Å². The van der Waals surface area contributed by atoms with E-state index in [0.717, 1.165) is 50.1 Å². The number of rotatable bonds is 5. The molecule has 2 aliphatic heterocycles. The van der Waals surface area contributed by atoms with Crippen molar-refractivity contribution in [2.75, 3.05) is 24.5 Å². The van der Waals surface area contributed by atoms with Gasteiger partial charge in [0.25, 0.3) is 5.91 Å². The summed E-state index contributed by atoms with van der Waals surface area (Å²) in [6.45, 7) is 4.65. The maximum Gasteiger partial charge on any atom is 0.272 e. The van der Waals surface area contributed by atoms with Crippen molar-refractivity contribution in [1.82, 2.24) is 20.4 Å².